The highest BCUT2D eigenvalue weighted by Gasteiger charge is 2.09. The Balaban J connectivity index is 3.26. The molecule has 0 saturated carbocycles. The summed E-state index contributed by atoms with van der Waals surface area (Å²) in [6.45, 7) is 7.62. The summed E-state index contributed by atoms with van der Waals surface area (Å²) in [6.07, 6.45) is 3.02. The summed E-state index contributed by atoms with van der Waals surface area (Å²) in [6, 6.07) is 3.76. The zero-order valence-electron chi connectivity index (χ0n) is 11.4. The molecule has 1 rings (SSSR count). The van der Waals surface area contributed by atoms with Crippen LogP contribution in [0, 0.1) is 25.2 Å². The molecule has 0 saturated heterocycles. The first-order valence-corrected chi connectivity index (χ1v) is 6.19. The predicted molar refractivity (Wildman–Crippen MR) is 72.9 cm³/mol. The molecule has 4 nitrogen and oxygen atoms in total. The lowest BCUT2D eigenvalue weighted by molar-refractivity contribution is 0.762. The van der Waals surface area contributed by atoms with Gasteiger partial charge in [0.25, 0.3) is 5.56 Å². The molecule has 1 aromatic heterocycles. The van der Waals surface area contributed by atoms with Crippen molar-refractivity contribution in [1.82, 2.24) is 4.68 Å². The van der Waals surface area contributed by atoms with E-state index in [0.29, 0.717) is 5.56 Å². The molecular weight excluding hydrogens is 226 g/mol. The van der Waals surface area contributed by atoms with E-state index in [-0.39, 0.29) is 11.1 Å². The van der Waals surface area contributed by atoms with Crippen molar-refractivity contribution in [2.45, 2.75) is 47.0 Å². The maximum absolute atomic E-state index is 12.1. The Morgan fingerprint density at radius 2 is 2.17 bits per heavy atom. The predicted octanol–water partition coefficient (Wildman–Crippen LogP) is 2.75. The van der Waals surface area contributed by atoms with Crippen molar-refractivity contribution in [3.8, 4) is 6.07 Å². The molecular formula is C14H19N3O. The van der Waals surface area contributed by atoms with E-state index in [0.717, 1.165) is 30.7 Å². The molecule has 0 unspecified atom stereocenters. The molecule has 0 atom stereocenters. The van der Waals surface area contributed by atoms with Crippen molar-refractivity contribution in [2.75, 3.05) is 0 Å². The van der Waals surface area contributed by atoms with Gasteiger partial charge in [0.2, 0.25) is 0 Å². The lowest BCUT2D eigenvalue weighted by Gasteiger charge is -2.08. The fraction of sp³-hybridized carbons (Fsp3) is 0.500. The molecule has 18 heavy (non-hydrogen) atoms. The van der Waals surface area contributed by atoms with E-state index in [1.807, 2.05) is 26.0 Å². The number of hydrogen-bond acceptors (Lipinski definition) is 3. The number of unbranched alkanes of at least 4 members (excludes halogenated alkanes) is 1. The van der Waals surface area contributed by atoms with E-state index in [4.69, 9.17) is 5.26 Å². The smallest absolute Gasteiger partial charge is 0.266 e. The van der Waals surface area contributed by atoms with Crippen LogP contribution < -0.4 is 5.56 Å². The number of nitrogens with zero attached hydrogens (tertiary/aromatic N) is 3. The van der Waals surface area contributed by atoms with Crippen LogP contribution in [0.5, 0.6) is 0 Å². The van der Waals surface area contributed by atoms with E-state index in [1.165, 1.54) is 4.68 Å². The first-order chi connectivity index (χ1) is 8.51. The van der Waals surface area contributed by atoms with Gasteiger partial charge in [0.1, 0.15) is 11.6 Å². The van der Waals surface area contributed by atoms with Crippen LogP contribution in [0.2, 0.25) is 0 Å². The van der Waals surface area contributed by atoms with Crippen molar-refractivity contribution in [1.29, 1.82) is 5.26 Å². The Bertz CT molecular complexity index is 562. The minimum atomic E-state index is -0.328. The van der Waals surface area contributed by atoms with Crippen molar-refractivity contribution in [3.05, 3.63) is 33.2 Å². The number of pyridine rings is 1. The SMILES string of the molecule is CCCC/C(C)=N/n1c(C)cc(C)c(C#N)c1=O. The Kier molecular flexibility index (Phi) is 4.85. The molecule has 0 N–H and O–H groups in total. The molecule has 0 aliphatic rings. The topological polar surface area (TPSA) is 58.1 Å². The van der Waals surface area contributed by atoms with Crippen molar-refractivity contribution in [2.24, 2.45) is 5.10 Å². The van der Waals surface area contributed by atoms with Gasteiger partial charge in [0.05, 0.1) is 0 Å². The Labute approximate surface area is 108 Å². The average molecular weight is 245 g/mol. The minimum Gasteiger partial charge on any atom is -0.266 e. The molecule has 0 amide bonds. The molecule has 1 heterocycles. The third-order valence-electron chi connectivity index (χ3n) is 2.83. The molecule has 1 aromatic rings. The number of aryl methyl sites for hydroxylation is 2. The van der Waals surface area contributed by atoms with Crippen LogP contribution in [0.1, 0.15) is 49.9 Å². The van der Waals surface area contributed by atoms with E-state index < -0.39 is 0 Å². The second kappa shape index (κ2) is 6.15. The summed E-state index contributed by atoms with van der Waals surface area (Å²) >= 11 is 0. The lowest BCUT2D eigenvalue weighted by atomic mass is 10.1. The molecule has 0 radical (unpaired) electrons. The molecule has 0 aliphatic carbocycles. The summed E-state index contributed by atoms with van der Waals surface area (Å²) in [5, 5.41) is 13.3. The highest BCUT2D eigenvalue weighted by atomic mass is 16.1. The Hall–Kier alpha value is -1.89. The zero-order valence-corrected chi connectivity index (χ0v) is 11.4. The normalized spacial score (nSPS) is 11.4. The molecule has 0 fully saturated rings. The lowest BCUT2D eigenvalue weighted by Crippen LogP contribution is -2.23. The molecule has 0 spiro atoms. The quantitative estimate of drug-likeness (QED) is 0.766. The van der Waals surface area contributed by atoms with E-state index in [2.05, 4.69) is 12.0 Å². The fourth-order valence-electron chi connectivity index (χ4n) is 1.79. The van der Waals surface area contributed by atoms with E-state index in [1.54, 1.807) is 6.92 Å². The van der Waals surface area contributed by atoms with Crippen LogP contribution in [-0.4, -0.2) is 10.4 Å². The minimum absolute atomic E-state index is 0.174. The summed E-state index contributed by atoms with van der Waals surface area (Å²) < 4.78 is 1.33. The Morgan fingerprint density at radius 1 is 1.50 bits per heavy atom. The third kappa shape index (κ3) is 3.07. The number of rotatable bonds is 4. The van der Waals surface area contributed by atoms with Gasteiger partial charge < -0.3 is 0 Å². The summed E-state index contributed by atoms with van der Waals surface area (Å²) in [7, 11) is 0. The number of nitriles is 1. The number of aromatic nitrogens is 1. The van der Waals surface area contributed by atoms with E-state index >= 15 is 0 Å². The van der Waals surface area contributed by atoms with Gasteiger partial charge in [-0.15, -0.1) is 0 Å². The van der Waals surface area contributed by atoms with Gasteiger partial charge in [-0.1, -0.05) is 13.3 Å². The van der Waals surface area contributed by atoms with Crippen LogP contribution in [0.4, 0.5) is 0 Å². The van der Waals surface area contributed by atoms with Gasteiger partial charge in [-0.3, -0.25) is 4.79 Å². The van der Waals surface area contributed by atoms with Gasteiger partial charge in [-0.25, -0.2) is 4.68 Å². The second-order valence-electron chi connectivity index (χ2n) is 4.51. The van der Waals surface area contributed by atoms with Crippen molar-refractivity contribution in [3.63, 3.8) is 0 Å². The molecule has 0 bridgehead atoms. The summed E-state index contributed by atoms with van der Waals surface area (Å²) in [5.41, 5.74) is 2.22. The third-order valence-corrected chi connectivity index (χ3v) is 2.83. The molecule has 0 aliphatic heterocycles. The summed E-state index contributed by atoms with van der Waals surface area (Å²) in [4.78, 5) is 12.1. The van der Waals surface area contributed by atoms with Crippen LogP contribution in [0.15, 0.2) is 16.0 Å². The van der Waals surface area contributed by atoms with Crippen LogP contribution in [0.3, 0.4) is 0 Å². The van der Waals surface area contributed by atoms with Crippen molar-refractivity contribution < 1.29 is 0 Å². The standard InChI is InChI=1S/C14H19N3O/c1-5-6-7-11(3)16-17-12(4)8-10(2)13(9-15)14(17)18/h8H,5-7H2,1-4H3/b16-11+. The van der Waals surface area contributed by atoms with Gasteiger partial charge in [-0.2, -0.15) is 10.4 Å². The molecule has 96 valence electrons. The van der Waals surface area contributed by atoms with Crippen LogP contribution in [0.25, 0.3) is 0 Å². The molecule has 0 aromatic carbocycles. The maximum atomic E-state index is 12.1. The van der Waals surface area contributed by atoms with Crippen LogP contribution in [-0.2, 0) is 0 Å². The zero-order chi connectivity index (χ0) is 13.7. The fourth-order valence-corrected chi connectivity index (χ4v) is 1.79. The van der Waals surface area contributed by atoms with Gasteiger partial charge in [0.15, 0.2) is 0 Å². The highest BCUT2D eigenvalue weighted by molar-refractivity contribution is 5.81. The number of hydrogen-bond donors (Lipinski definition) is 0. The Morgan fingerprint density at radius 3 is 2.72 bits per heavy atom. The van der Waals surface area contributed by atoms with E-state index in [9.17, 15) is 4.79 Å². The van der Waals surface area contributed by atoms with Gasteiger partial charge in [0, 0.05) is 11.4 Å². The van der Waals surface area contributed by atoms with Gasteiger partial charge in [-0.05, 0) is 45.2 Å². The maximum Gasteiger partial charge on any atom is 0.289 e. The van der Waals surface area contributed by atoms with Crippen molar-refractivity contribution >= 4 is 5.71 Å². The highest BCUT2D eigenvalue weighted by Crippen LogP contribution is 2.06. The second-order valence-corrected chi connectivity index (χ2v) is 4.51. The monoisotopic (exact) mass is 245 g/mol. The molecule has 4 heteroatoms. The first kappa shape index (κ1) is 14.2. The summed E-state index contributed by atoms with van der Waals surface area (Å²) in [5.74, 6) is 0. The first-order valence-electron chi connectivity index (χ1n) is 6.19. The largest absolute Gasteiger partial charge is 0.289 e. The average Bonchev–Trinajstić information content (AvgIpc) is 2.32. The van der Waals surface area contributed by atoms with Crippen LogP contribution >= 0.6 is 0 Å². The van der Waals surface area contributed by atoms with Gasteiger partial charge >= 0.3 is 0 Å².